The SMILES string of the molecule is CC[C@@]1(O)C(=O)CCc2c1cc1n(c2=O)Cc2c-1nc1cc(F)c(C)c3c1c2[C@@H](NC(=O)C1(OCCO)CC1)CC3. The predicted octanol–water partition coefficient (Wildman–Crippen LogP) is 2.63. The van der Waals surface area contributed by atoms with Gasteiger partial charge in [0.05, 0.1) is 42.7 Å². The highest BCUT2D eigenvalue weighted by Gasteiger charge is 2.52. The lowest BCUT2D eigenvalue weighted by molar-refractivity contribution is -0.140. The summed E-state index contributed by atoms with van der Waals surface area (Å²) in [5.41, 5.74) is 2.22. The molecule has 4 aliphatic rings. The molecule has 0 saturated heterocycles. The molecule has 0 unspecified atom stereocenters. The molecule has 1 aromatic carbocycles. The highest BCUT2D eigenvalue weighted by Crippen LogP contribution is 2.47. The number of ether oxygens (including phenoxy) is 1. The number of carbonyl (C=O) groups is 2. The molecule has 9 nitrogen and oxygen atoms in total. The third-order valence-electron chi connectivity index (χ3n) is 9.65. The number of ketones is 1. The van der Waals surface area contributed by atoms with Crippen LogP contribution in [0.1, 0.15) is 78.5 Å². The molecule has 2 aromatic heterocycles. The van der Waals surface area contributed by atoms with E-state index >= 15 is 4.39 Å². The van der Waals surface area contributed by atoms with Crippen molar-refractivity contribution in [1.29, 1.82) is 0 Å². The molecule has 41 heavy (non-hydrogen) atoms. The van der Waals surface area contributed by atoms with Gasteiger partial charge in [-0.05, 0) is 68.2 Å². The number of nitrogens with zero attached hydrogens (tertiary/aromatic N) is 2. The molecule has 2 atom stereocenters. The van der Waals surface area contributed by atoms with Gasteiger partial charge >= 0.3 is 0 Å². The topological polar surface area (TPSA) is 131 Å². The zero-order valence-corrected chi connectivity index (χ0v) is 23.1. The molecule has 1 saturated carbocycles. The van der Waals surface area contributed by atoms with Gasteiger partial charge in [-0.1, -0.05) is 6.92 Å². The maximum Gasteiger partial charge on any atom is 0.254 e. The molecule has 7 rings (SSSR count). The minimum atomic E-state index is -1.74. The van der Waals surface area contributed by atoms with E-state index in [1.165, 1.54) is 6.07 Å². The van der Waals surface area contributed by atoms with E-state index in [9.17, 15) is 24.6 Å². The van der Waals surface area contributed by atoms with Crippen LogP contribution in [0.2, 0.25) is 0 Å². The Hall–Kier alpha value is -3.47. The van der Waals surface area contributed by atoms with Crippen LogP contribution in [0.4, 0.5) is 4.39 Å². The molecule has 3 aromatic rings. The molecular weight excluding hydrogens is 529 g/mol. The first-order chi connectivity index (χ1) is 19.6. The summed E-state index contributed by atoms with van der Waals surface area (Å²) in [6, 6.07) is 2.70. The summed E-state index contributed by atoms with van der Waals surface area (Å²) in [4.78, 5) is 44.9. The number of hydrogen-bond donors (Lipinski definition) is 3. The third-order valence-corrected chi connectivity index (χ3v) is 9.65. The zero-order chi connectivity index (χ0) is 28.8. The monoisotopic (exact) mass is 561 g/mol. The van der Waals surface area contributed by atoms with Crippen molar-refractivity contribution in [3.63, 3.8) is 0 Å². The van der Waals surface area contributed by atoms with Crippen LogP contribution in [0.15, 0.2) is 16.9 Å². The van der Waals surface area contributed by atoms with E-state index in [0.717, 1.165) is 22.1 Å². The number of aliphatic hydroxyl groups excluding tert-OH is 1. The van der Waals surface area contributed by atoms with Crippen LogP contribution in [0, 0.1) is 12.7 Å². The van der Waals surface area contributed by atoms with Crippen LogP contribution in [0.3, 0.4) is 0 Å². The second-order valence-electron chi connectivity index (χ2n) is 11.8. The van der Waals surface area contributed by atoms with Crippen molar-refractivity contribution in [2.24, 2.45) is 0 Å². The van der Waals surface area contributed by atoms with E-state index in [-0.39, 0.29) is 62.1 Å². The lowest BCUT2D eigenvalue weighted by Crippen LogP contribution is -2.43. The number of rotatable bonds is 6. The van der Waals surface area contributed by atoms with Crippen molar-refractivity contribution in [3.05, 3.63) is 61.7 Å². The first-order valence-corrected chi connectivity index (χ1v) is 14.4. The molecule has 10 heteroatoms. The van der Waals surface area contributed by atoms with E-state index in [0.29, 0.717) is 59.3 Å². The summed E-state index contributed by atoms with van der Waals surface area (Å²) in [6.45, 7) is 3.59. The summed E-state index contributed by atoms with van der Waals surface area (Å²) in [5.74, 6) is -0.917. The van der Waals surface area contributed by atoms with Crippen molar-refractivity contribution in [2.75, 3.05) is 13.2 Å². The normalized spacial score (nSPS) is 23.2. The number of hydrogen-bond acceptors (Lipinski definition) is 7. The van der Waals surface area contributed by atoms with Crippen molar-refractivity contribution < 1.29 is 28.9 Å². The Morgan fingerprint density at radius 2 is 1.98 bits per heavy atom. The van der Waals surface area contributed by atoms with Crippen LogP contribution >= 0.6 is 0 Å². The Morgan fingerprint density at radius 3 is 2.68 bits per heavy atom. The lowest BCUT2D eigenvalue weighted by Gasteiger charge is -2.32. The van der Waals surface area contributed by atoms with Gasteiger partial charge in [0.15, 0.2) is 5.78 Å². The summed E-state index contributed by atoms with van der Waals surface area (Å²) in [6.07, 6.45) is 2.74. The quantitative estimate of drug-likeness (QED) is 0.330. The number of aryl methyl sites for hydroxylation is 1. The molecule has 3 N–H and O–H groups in total. The number of nitrogens with one attached hydrogen (secondary N) is 1. The molecule has 3 aliphatic carbocycles. The van der Waals surface area contributed by atoms with E-state index in [2.05, 4.69) is 5.32 Å². The van der Waals surface area contributed by atoms with E-state index < -0.39 is 17.2 Å². The van der Waals surface area contributed by atoms with Gasteiger partial charge in [0.25, 0.3) is 11.5 Å². The van der Waals surface area contributed by atoms with Crippen LogP contribution in [-0.4, -0.2) is 50.3 Å². The lowest BCUT2D eigenvalue weighted by atomic mass is 9.77. The standard InChI is InChI=1S/C31H32FN3O6/c1-3-31(40)19-12-23-27-18(14-35(23)28(38)17(19)5-7-24(31)37)26-21(34-29(39)30(8-9-30)41-11-10-36)6-4-16-15(2)20(32)13-22(33-27)25(16)26/h12-13,21,36,40H,3-11,14H2,1-2H3,(H,34,39)/t21-,31-/m0/s1. The predicted molar refractivity (Wildman–Crippen MR) is 147 cm³/mol. The van der Waals surface area contributed by atoms with Gasteiger partial charge < -0.3 is 24.8 Å². The Bertz CT molecular complexity index is 1740. The van der Waals surface area contributed by atoms with Crippen LogP contribution in [0.5, 0.6) is 0 Å². The fourth-order valence-corrected chi connectivity index (χ4v) is 7.16. The Morgan fingerprint density at radius 1 is 1.20 bits per heavy atom. The number of aromatic nitrogens is 2. The summed E-state index contributed by atoms with van der Waals surface area (Å²) < 4.78 is 22.4. The maximum absolute atomic E-state index is 15.1. The van der Waals surface area contributed by atoms with Gasteiger partial charge in [-0.3, -0.25) is 14.4 Å². The van der Waals surface area contributed by atoms with Crippen molar-refractivity contribution in [1.82, 2.24) is 14.9 Å². The van der Waals surface area contributed by atoms with Gasteiger partial charge in [0.1, 0.15) is 17.0 Å². The first-order valence-electron chi connectivity index (χ1n) is 14.4. The molecule has 1 amide bonds. The van der Waals surface area contributed by atoms with Crippen LogP contribution in [-0.2, 0) is 39.3 Å². The Balaban J connectivity index is 1.42. The van der Waals surface area contributed by atoms with Gasteiger partial charge in [-0.15, -0.1) is 0 Å². The van der Waals surface area contributed by atoms with Gasteiger partial charge in [0.2, 0.25) is 0 Å². The van der Waals surface area contributed by atoms with Gasteiger partial charge in [0, 0.05) is 34.6 Å². The average Bonchev–Trinajstić information content (AvgIpc) is 3.67. The number of aliphatic hydroxyl groups is 2. The highest BCUT2D eigenvalue weighted by atomic mass is 19.1. The number of pyridine rings is 2. The fraction of sp³-hybridized carbons (Fsp3) is 0.484. The Labute approximate surface area is 235 Å². The molecule has 1 aliphatic heterocycles. The number of benzene rings is 1. The number of fused-ring (bicyclic) bond motifs is 5. The minimum Gasteiger partial charge on any atom is -0.394 e. The molecule has 1 fully saturated rings. The first kappa shape index (κ1) is 26.4. The summed E-state index contributed by atoms with van der Waals surface area (Å²) >= 11 is 0. The highest BCUT2D eigenvalue weighted by molar-refractivity contribution is 5.95. The van der Waals surface area contributed by atoms with E-state index in [1.807, 2.05) is 0 Å². The zero-order valence-electron chi connectivity index (χ0n) is 23.1. The van der Waals surface area contributed by atoms with E-state index in [1.54, 1.807) is 24.5 Å². The molecule has 0 radical (unpaired) electrons. The molecule has 3 heterocycles. The smallest absolute Gasteiger partial charge is 0.254 e. The molecule has 0 spiro atoms. The van der Waals surface area contributed by atoms with Crippen LogP contribution in [0.25, 0.3) is 22.3 Å². The third kappa shape index (κ3) is 3.63. The average molecular weight is 562 g/mol. The van der Waals surface area contributed by atoms with Gasteiger partial charge in [-0.2, -0.15) is 0 Å². The van der Waals surface area contributed by atoms with Crippen LogP contribution < -0.4 is 10.9 Å². The van der Waals surface area contributed by atoms with Crippen molar-refractivity contribution in [2.45, 2.75) is 82.6 Å². The number of amides is 1. The Kier molecular flexibility index (Phi) is 5.81. The summed E-state index contributed by atoms with van der Waals surface area (Å²) in [5, 5.41) is 24.5. The second kappa shape index (κ2) is 9.01. The molecule has 214 valence electrons. The second-order valence-corrected chi connectivity index (χ2v) is 11.8. The summed E-state index contributed by atoms with van der Waals surface area (Å²) in [7, 11) is 0. The van der Waals surface area contributed by atoms with Crippen molar-refractivity contribution >= 4 is 22.6 Å². The molecular formula is C31H32FN3O6. The number of Topliss-reactive ketones (excluding diaryl/α,β-unsaturated/α-hetero) is 1. The largest absolute Gasteiger partial charge is 0.394 e. The minimum absolute atomic E-state index is 0.0732. The number of carbonyl (C=O) groups excluding carboxylic acids is 2. The van der Waals surface area contributed by atoms with Crippen molar-refractivity contribution in [3.8, 4) is 11.4 Å². The maximum atomic E-state index is 15.1. The number of halogens is 1. The molecule has 0 bridgehead atoms. The van der Waals surface area contributed by atoms with Gasteiger partial charge in [-0.25, -0.2) is 9.37 Å². The fourth-order valence-electron chi connectivity index (χ4n) is 7.16. The van der Waals surface area contributed by atoms with E-state index in [4.69, 9.17) is 9.72 Å².